The Bertz CT molecular complexity index is 682. The highest BCUT2D eigenvalue weighted by molar-refractivity contribution is 7.99. The van der Waals surface area contributed by atoms with Crippen LogP contribution in [0.5, 0.6) is 0 Å². The zero-order chi connectivity index (χ0) is 18.7. The maximum Gasteiger partial charge on any atom is 0.166 e. The van der Waals surface area contributed by atoms with E-state index in [9.17, 15) is 0 Å². The molecule has 0 aromatic heterocycles. The van der Waals surface area contributed by atoms with Crippen molar-refractivity contribution in [3.05, 3.63) is 65.7 Å². The molecular weight excluding hydrogens is 370 g/mol. The maximum absolute atomic E-state index is 5.38. The minimum Gasteiger partial charge on any atom is -0.362 e. The van der Waals surface area contributed by atoms with Gasteiger partial charge in [0.25, 0.3) is 0 Å². The Morgan fingerprint density at radius 1 is 0.889 bits per heavy atom. The molecule has 0 bridgehead atoms. The van der Waals surface area contributed by atoms with Crippen molar-refractivity contribution >= 4 is 29.1 Å². The van der Waals surface area contributed by atoms with Crippen molar-refractivity contribution in [3.8, 4) is 0 Å². The number of benzene rings is 2. The number of hydrogen-bond donors (Lipinski definition) is 3. The second-order valence-corrected chi connectivity index (χ2v) is 8.65. The van der Waals surface area contributed by atoms with Gasteiger partial charge in [0.05, 0.1) is 13.1 Å². The molecular formula is C22H30N3S2+. The summed E-state index contributed by atoms with van der Waals surface area (Å²) in [5.41, 5.74) is 2.71. The van der Waals surface area contributed by atoms with Gasteiger partial charge in [0, 0.05) is 29.3 Å². The Morgan fingerprint density at radius 2 is 1.59 bits per heavy atom. The number of piperidine rings is 1. The summed E-state index contributed by atoms with van der Waals surface area (Å²) in [5, 5.41) is 7.32. The number of quaternary nitrogens is 1. The molecule has 1 aliphatic heterocycles. The van der Waals surface area contributed by atoms with E-state index in [1.54, 1.807) is 4.90 Å². The predicted molar refractivity (Wildman–Crippen MR) is 119 cm³/mol. The largest absolute Gasteiger partial charge is 0.362 e. The molecule has 2 aromatic rings. The van der Waals surface area contributed by atoms with Gasteiger partial charge in [-0.25, -0.2) is 0 Å². The first-order valence-electron chi connectivity index (χ1n) is 9.90. The van der Waals surface area contributed by atoms with Crippen LogP contribution in [0.15, 0.2) is 59.5 Å². The van der Waals surface area contributed by atoms with Crippen molar-refractivity contribution in [2.45, 2.75) is 37.2 Å². The van der Waals surface area contributed by atoms with Crippen LogP contribution in [-0.4, -0.2) is 30.5 Å². The topological polar surface area (TPSA) is 28.5 Å². The lowest BCUT2D eigenvalue weighted by atomic mass is 10.1. The van der Waals surface area contributed by atoms with E-state index in [1.165, 1.54) is 48.4 Å². The van der Waals surface area contributed by atoms with E-state index in [4.69, 9.17) is 12.2 Å². The maximum atomic E-state index is 5.38. The van der Waals surface area contributed by atoms with E-state index in [0.717, 1.165) is 30.5 Å². The van der Waals surface area contributed by atoms with E-state index in [0.29, 0.717) is 0 Å². The summed E-state index contributed by atoms with van der Waals surface area (Å²) in [4.78, 5) is 3.02. The standard InChI is InChI=1S/C22H29N3S2/c26-22(23-13-16-27-21-7-3-1-4-8-21)24-17-19-9-11-20(12-10-19)18-25-14-5-2-6-15-25/h1,3-4,7-12H,2,5-6,13-18H2,(H2,23,24,26)/p+1. The monoisotopic (exact) mass is 400 g/mol. The van der Waals surface area contributed by atoms with Crippen molar-refractivity contribution in [2.24, 2.45) is 0 Å². The molecule has 1 heterocycles. The van der Waals surface area contributed by atoms with Crippen molar-refractivity contribution < 1.29 is 4.90 Å². The van der Waals surface area contributed by atoms with Crippen molar-refractivity contribution in [1.82, 2.24) is 10.6 Å². The van der Waals surface area contributed by atoms with E-state index in [1.807, 2.05) is 17.8 Å². The molecule has 0 saturated carbocycles. The van der Waals surface area contributed by atoms with E-state index in [2.05, 4.69) is 59.2 Å². The molecule has 0 unspecified atom stereocenters. The molecule has 3 N–H and O–H groups in total. The first kappa shape index (κ1) is 20.2. The molecule has 27 heavy (non-hydrogen) atoms. The van der Waals surface area contributed by atoms with Crippen molar-refractivity contribution in [3.63, 3.8) is 0 Å². The molecule has 0 radical (unpaired) electrons. The van der Waals surface area contributed by atoms with Crippen LogP contribution in [0.25, 0.3) is 0 Å². The summed E-state index contributed by atoms with van der Waals surface area (Å²) in [7, 11) is 0. The van der Waals surface area contributed by atoms with E-state index in [-0.39, 0.29) is 0 Å². The van der Waals surface area contributed by atoms with Gasteiger partial charge >= 0.3 is 0 Å². The zero-order valence-corrected chi connectivity index (χ0v) is 17.5. The molecule has 1 saturated heterocycles. The normalized spacial score (nSPS) is 14.7. The van der Waals surface area contributed by atoms with Crippen LogP contribution in [-0.2, 0) is 13.1 Å². The minimum atomic E-state index is 0.727. The third-order valence-electron chi connectivity index (χ3n) is 4.89. The Morgan fingerprint density at radius 3 is 2.33 bits per heavy atom. The second-order valence-electron chi connectivity index (χ2n) is 7.07. The van der Waals surface area contributed by atoms with Crippen LogP contribution in [0, 0.1) is 0 Å². The zero-order valence-electron chi connectivity index (χ0n) is 15.9. The fourth-order valence-electron chi connectivity index (χ4n) is 3.39. The number of likely N-dealkylation sites (tertiary alicyclic amines) is 1. The quantitative estimate of drug-likeness (QED) is 0.361. The Kier molecular flexibility index (Phi) is 8.46. The van der Waals surface area contributed by atoms with Crippen LogP contribution in [0.3, 0.4) is 0 Å². The van der Waals surface area contributed by atoms with Crippen LogP contribution in [0.2, 0.25) is 0 Å². The lowest BCUT2D eigenvalue weighted by molar-refractivity contribution is -0.918. The number of thiocarbonyl (C=S) groups is 1. The first-order valence-corrected chi connectivity index (χ1v) is 11.3. The fourth-order valence-corrected chi connectivity index (χ4v) is 4.35. The summed E-state index contributed by atoms with van der Waals surface area (Å²) in [6, 6.07) is 19.4. The Labute approximate surface area is 172 Å². The second kappa shape index (κ2) is 11.3. The number of thioether (sulfide) groups is 1. The Balaban J connectivity index is 1.31. The van der Waals surface area contributed by atoms with Gasteiger partial charge in [0.2, 0.25) is 0 Å². The summed E-state index contributed by atoms with van der Waals surface area (Å²) in [5.74, 6) is 0.999. The number of nitrogens with one attached hydrogen (secondary N) is 3. The molecule has 2 aromatic carbocycles. The molecule has 5 heteroatoms. The molecule has 0 spiro atoms. The highest BCUT2D eigenvalue weighted by atomic mass is 32.2. The molecule has 144 valence electrons. The van der Waals surface area contributed by atoms with Gasteiger partial charge in [-0.1, -0.05) is 42.5 Å². The number of hydrogen-bond acceptors (Lipinski definition) is 2. The third kappa shape index (κ3) is 7.53. The van der Waals surface area contributed by atoms with E-state index >= 15 is 0 Å². The summed E-state index contributed by atoms with van der Waals surface area (Å²) in [6.07, 6.45) is 4.17. The lowest BCUT2D eigenvalue weighted by Crippen LogP contribution is -3.11. The number of rotatable bonds is 8. The van der Waals surface area contributed by atoms with Crippen LogP contribution < -0.4 is 15.5 Å². The minimum absolute atomic E-state index is 0.727. The van der Waals surface area contributed by atoms with Crippen LogP contribution >= 0.6 is 24.0 Å². The SMILES string of the molecule is S=C(NCCSc1ccccc1)NCc1ccc(C[NH+]2CCCCC2)cc1. The van der Waals surface area contributed by atoms with Gasteiger partial charge in [-0.15, -0.1) is 11.8 Å². The molecule has 3 rings (SSSR count). The molecule has 1 fully saturated rings. The first-order chi connectivity index (χ1) is 13.3. The van der Waals surface area contributed by atoms with Gasteiger partial charge in [-0.05, 0) is 49.2 Å². The molecule has 0 aliphatic carbocycles. The van der Waals surface area contributed by atoms with Crippen LogP contribution in [0.1, 0.15) is 30.4 Å². The van der Waals surface area contributed by atoms with E-state index < -0.39 is 0 Å². The summed E-state index contributed by atoms with van der Waals surface area (Å²) < 4.78 is 0. The average Bonchev–Trinajstić information content (AvgIpc) is 2.72. The molecule has 1 aliphatic rings. The molecule has 0 atom stereocenters. The Hall–Kier alpha value is -1.56. The van der Waals surface area contributed by atoms with Crippen LogP contribution in [0.4, 0.5) is 0 Å². The lowest BCUT2D eigenvalue weighted by Gasteiger charge is -2.23. The molecule has 0 amide bonds. The highest BCUT2D eigenvalue weighted by Gasteiger charge is 2.13. The summed E-state index contributed by atoms with van der Waals surface area (Å²) >= 11 is 7.22. The molecule has 3 nitrogen and oxygen atoms in total. The van der Waals surface area contributed by atoms with Crippen molar-refractivity contribution in [2.75, 3.05) is 25.4 Å². The van der Waals surface area contributed by atoms with Gasteiger partial charge in [-0.3, -0.25) is 0 Å². The van der Waals surface area contributed by atoms with Gasteiger partial charge < -0.3 is 15.5 Å². The summed E-state index contributed by atoms with van der Waals surface area (Å²) in [6.45, 7) is 5.45. The van der Waals surface area contributed by atoms with Gasteiger partial charge in [-0.2, -0.15) is 0 Å². The highest BCUT2D eigenvalue weighted by Crippen LogP contribution is 2.15. The third-order valence-corrected chi connectivity index (χ3v) is 6.19. The van der Waals surface area contributed by atoms with Gasteiger partial charge in [0.15, 0.2) is 5.11 Å². The smallest absolute Gasteiger partial charge is 0.166 e. The predicted octanol–water partition coefficient (Wildman–Crippen LogP) is 3.01. The van der Waals surface area contributed by atoms with Crippen molar-refractivity contribution in [1.29, 1.82) is 0 Å². The average molecular weight is 401 g/mol. The van der Waals surface area contributed by atoms with Gasteiger partial charge in [0.1, 0.15) is 6.54 Å². The fraction of sp³-hybridized carbons (Fsp3) is 0.409.